The van der Waals surface area contributed by atoms with Crippen molar-refractivity contribution in [3.8, 4) is 33.4 Å². The predicted octanol–water partition coefficient (Wildman–Crippen LogP) is 7.83. The first-order chi connectivity index (χ1) is 14.7. The van der Waals surface area contributed by atoms with E-state index in [0.29, 0.717) is 35.4 Å². The maximum atomic E-state index is 14.5. The van der Waals surface area contributed by atoms with E-state index in [1.807, 2.05) is 13.0 Å². The minimum Gasteiger partial charge on any atom is -0.207 e. The average molecular weight is 428 g/mol. The van der Waals surface area contributed by atoms with Crippen LogP contribution in [0.1, 0.15) is 5.56 Å². The molecule has 0 saturated heterocycles. The van der Waals surface area contributed by atoms with Crippen LogP contribution in [0.15, 0.2) is 66.7 Å². The van der Waals surface area contributed by atoms with Crippen molar-refractivity contribution in [1.29, 1.82) is 0 Å². The standard InChI is InChI=1S/C25H14F6/c1-13-3-2-4-14(5-13)15-6-16(24-20(28)9-18(26)10-21(24)29)8-17(7-15)25-22(30)11-19(27)12-23(25)31/h2-12H,1H3. The fourth-order valence-corrected chi connectivity index (χ4v) is 3.54. The lowest BCUT2D eigenvalue weighted by atomic mass is 9.92. The molecule has 0 spiro atoms. The lowest BCUT2D eigenvalue weighted by Gasteiger charge is -2.14. The topological polar surface area (TPSA) is 0 Å². The molecule has 4 aromatic carbocycles. The fourth-order valence-electron chi connectivity index (χ4n) is 3.54. The summed E-state index contributed by atoms with van der Waals surface area (Å²) in [5.74, 6) is -6.83. The van der Waals surface area contributed by atoms with Crippen molar-refractivity contribution in [3.05, 3.63) is 107 Å². The number of halogens is 6. The van der Waals surface area contributed by atoms with Gasteiger partial charge in [-0.3, -0.25) is 0 Å². The number of hydrogen-bond acceptors (Lipinski definition) is 0. The smallest absolute Gasteiger partial charge is 0.136 e. The Bertz CT molecular complexity index is 1190. The molecule has 4 aromatic rings. The Labute approximate surface area is 174 Å². The van der Waals surface area contributed by atoms with Gasteiger partial charge in [-0.2, -0.15) is 0 Å². The van der Waals surface area contributed by atoms with Crippen LogP contribution < -0.4 is 0 Å². The van der Waals surface area contributed by atoms with E-state index in [0.717, 1.165) is 5.56 Å². The maximum absolute atomic E-state index is 14.5. The fraction of sp³-hybridized carbons (Fsp3) is 0.0400. The molecule has 0 N–H and O–H groups in total. The van der Waals surface area contributed by atoms with Crippen molar-refractivity contribution in [1.82, 2.24) is 0 Å². The first-order valence-electron chi connectivity index (χ1n) is 9.25. The van der Waals surface area contributed by atoms with E-state index >= 15 is 0 Å². The zero-order valence-corrected chi connectivity index (χ0v) is 16.1. The van der Waals surface area contributed by atoms with Crippen LogP contribution in [0.2, 0.25) is 0 Å². The van der Waals surface area contributed by atoms with Gasteiger partial charge in [0.2, 0.25) is 0 Å². The third-order valence-electron chi connectivity index (χ3n) is 4.88. The molecular weight excluding hydrogens is 414 g/mol. The quantitative estimate of drug-likeness (QED) is 0.292. The Balaban J connectivity index is 2.04. The molecular formula is C25H14F6. The summed E-state index contributed by atoms with van der Waals surface area (Å²) in [6.07, 6.45) is 0. The van der Waals surface area contributed by atoms with Crippen LogP contribution in [0.4, 0.5) is 26.3 Å². The minimum atomic E-state index is -1.16. The first kappa shape index (κ1) is 20.7. The van der Waals surface area contributed by atoms with E-state index in [2.05, 4.69) is 0 Å². The largest absolute Gasteiger partial charge is 0.207 e. The van der Waals surface area contributed by atoms with Gasteiger partial charge in [0.15, 0.2) is 0 Å². The van der Waals surface area contributed by atoms with Crippen LogP contribution in [0, 0.1) is 41.8 Å². The Morgan fingerprint density at radius 1 is 0.452 bits per heavy atom. The molecule has 0 atom stereocenters. The molecule has 0 unspecified atom stereocenters. The number of benzene rings is 4. The van der Waals surface area contributed by atoms with E-state index in [4.69, 9.17) is 0 Å². The molecule has 0 radical (unpaired) electrons. The Kier molecular flexibility index (Phi) is 5.31. The molecule has 31 heavy (non-hydrogen) atoms. The van der Waals surface area contributed by atoms with Crippen molar-refractivity contribution in [2.75, 3.05) is 0 Å². The highest BCUT2D eigenvalue weighted by Crippen LogP contribution is 2.37. The van der Waals surface area contributed by atoms with Crippen LogP contribution in [-0.4, -0.2) is 0 Å². The second kappa shape index (κ2) is 7.95. The van der Waals surface area contributed by atoms with E-state index in [-0.39, 0.29) is 11.1 Å². The highest BCUT2D eigenvalue weighted by atomic mass is 19.2. The molecule has 0 aliphatic heterocycles. The van der Waals surface area contributed by atoms with E-state index in [1.54, 1.807) is 18.2 Å². The van der Waals surface area contributed by atoms with Crippen LogP contribution in [-0.2, 0) is 0 Å². The monoisotopic (exact) mass is 428 g/mol. The molecule has 0 bridgehead atoms. The zero-order chi connectivity index (χ0) is 22.3. The van der Waals surface area contributed by atoms with Crippen molar-refractivity contribution in [2.24, 2.45) is 0 Å². The van der Waals surface area contributed by atoms with Gasteiger partial charge in [0.05, 0.1) is 11.1 Å². The third-order valence-corrected chi connectivity index (χ3v) is 4.88. The molecule has 156 valence electrons. The molecule has 0 aliphatic rings. The highest BCUT2D eigenvalue weighted by Gasteiger charge is 2.19. The Morgan fingerprint density at radius 2 is 0.871 bits per heavy atom. The maximum Gasteiger partial charge on any atom is 0.136 e. The molecule has 6 heteroatoms. The lowest BCUT2D eigenvalue weighted by molar-refractivity contribution is 0.547. The molecule has 0 nitrogen and oxygen atoms in total. The van der Waals surface area contributed by atoms with E-state index in [1.165, 1.54) is 18.2 Å². The molecule has 0 aromatic heterocycles. The third kappa shape index (κ3) is 4.06. The van der Waals surface area contributed by atoms with Crippen molar-refractivity contribution < 1.29 is 26.3 Å². The lowest BCUT2D eigenvalue weighted by Crippen LogP contribution is -1.96. The molecule has 0 saturated carbocycles. The molecule has 0 fully saturated rings. The van der Waals surface area contributed by atoms with Crippen LogP contribution in [0.3, 0.4) is 0 Å². The van der Waals surface area contributed by atoms with Crippen LogP contribution in [0.5, 0.6) is 0 Å². The van der Waals surface area contributed by atoms with Crippen LogP contribution in [0.25, 0.3) is 33.4 Å². The summed E-state index contributed by atoms with van der Waals surface area (Å²) in [7, 11) is 0. The Hall–Kier alpha value is -3.54. The van der Waals surface area contributed by atoms with Crippen LogP contribution >= 0.6 is 0 Å². The summed E-state index contributed by atoms with van der Waals surface area (Å²) >= 11 is 0. The number of rotatable bonds is 3. The summed E-state index contributed by atoms with van der Waals surface area (Å²) in [5.41, 5.74) is 0.763. The van der Waals surface area contributed by atoms with Gasteiger partial charge in [0, 0.05) is 24.3 Å². The predicted molar refractivity (Wildman–Crippen MR) is 107 cm³/mol. The SMILES string of the molecule is Cc1cccc(-c2cc(-c3c(F)cc(F)cc3F)cc(-c3c(F)cc(F)cc3F)c2)c1. The van der Waals surface area contributed by atoms with Crippen molar-refractivity contribution in [3.63, 3.8) is 0 Å². The van der Waals surface area contributed by atoms with Gasteiger partial charge in [0.1, 0.15) is 34.9 Å². The number of aryl methyl sites for hydroxylation is 1. The summed E-state index contributed by atoms with van der Waals surface area (Å²) in [5, 5.41) is 0. The molecule has 4 rings (SSSR count). The molecule has 0 heterocycles. The van der Waals surface area contributed by atoms with Crippen molar-refractivity contribution >= 4 is 0 Å². The van der Waals surface area contributed by atoms with Gasteiger partial charge in [-0.1, -0.05) is 29.8 Å². The normalized spacial score (nSPS) is 11.1. The van der Waals surface area contributed by atoms with Gasteiger partial charge in [0.25, 0.3) is 0 Å². The molecule has 0 aliphatic carbocycles. The second-order valence-electron chi connectivity index (χ2n) is 7.16. The van der Waals surface area contributed by atoms with E-state index < -0.39 is 46.0 Å². The average Bonchev–Trinajstić information content (AvgIpc) is 2.66. The first-order valence-corrected chi connectivity index (χ1v) is 9.25. The Morgan fingerprint density at radius 3 is 1.29 bits per heavy atom. The summed E-state index contributed by atoms with van der Waals surface area (Å²) < 4.78 is 84.6. The zero-order valence-electron chi connectivity index (χ0n) is 16.1. The van der Waals surface area contributed by atoms with Gasteiger partial charge in [-0.25, -0.2) is 26.3 Å². The summed E-state index contributed by atoms with van der Waals surface area (Å²) in [6.45, 7) is 1.84. The second-order valence-corrected chi connectivity index (χ2v) is 7.16. The van der Waals surface area contributed by atoms with Gasteiger partial charge < -0.3 is 0 Å². The summed E-state index contributed by atoms with van der Waals surface area (Å²) in [6, 6.07) is 13.3. The van der Waals surface area contributed by atoms with Gasteiger partial charge >= 0.3 is 0 Å². The van der Waals surface area contributed by atoms with Gasteiger partial charge in [-0.05, 0) is 47.4 Å². The van der Waals surface area contributed by atoms with Crippen molar-refractivity contribution in [2.45, 2.75) is 6.92 Å². The van der Waals surface area contributed by atoms with E-state index in [9.17, 15) is 26.3 Å². The highest BCUT2D eigenvalue weighted by molar-refractivity contribution is 5.82. The summed E-state index contributed by atoms with van der Waals surface area (Å²) in [4.78, 5) is 0. The molecule has 0 amide bonds. The minimum absolute atomic E-state index is 0.0490. The number of hydrogen-bond donors (Lipinski definition) is 0. The van der Waals surface area contributed by atoms with Gasteiger partial charge in [-0.15, -0.1) is 0 Å².